The highest BCUT2D eigenvalue weighted by Gasteiger charge is 2.27. The van der Waals surface area contributed by atoms with E-state index in [4.69, 9.17) is 4.42 Å². The van der Waals surface area contributed by atoms with Gasteiger partial charge in [0.2, 0.25) is 0 Å². The maximum Gasteiger partial charge on any atom is 0.317 e. The average molecular weight is 348 g/mol. The van der Waals surface area contributed by atoms with Crippen LogP contribution in [-0.2, 0) is 0 Å². The number of hydrogen-bond acceptors (Lipinski definition) is 4. The van der Waals surface area contributed by atoms with Crippen molar-refractivity contribution in [2.45, 2.75) is 38.6 Å². The molecule has 1 N–H and O–H groups in total. The number of hydrogen-bond donors (Lipinski definition) is 1. The first-order valence-corrected chi connectivity index (χ1v) is 9.80. The Balaban J connectivity index is 1.52. The van der Waals surface area contributed by atoms with Gasteiger partial charge in [0.15, 0.2) is 0 Å². The summed E-state index contributed by atoms with van der Waals surface area (Å²) in [5.41, 5.74) is 0. The SMILES string of the molecule is CCCN1CCCN(C(=O)NCC(c2ccco2)N2CCCC2)CC1. The fraction of sp³-hybridized carbons (Fsp3) is 0.737. The number of urea groups is 1. The summed E-state index contributed by atoms with van der Waals surface area (Å²) in [5.74, 6) is 0.951. The molecule has 1 atom stereocenters. The molecule has 6 heteroatoms. The van der Waals surface area contributed by atoms with E-state index in [9.17, 15) is 4.79 Å². The van der Waals surface area contributed by atoms with Gasteiger partial charge in [-0.1, -0.05) is 6.92 Å². The molecule has 1 aromatic rings. The molecular formula is C19H32N4O2. The molecule has 0 saturated carbocycles. The average Bonchev–Trinajstić information content (AvgIpc) is 3.28. The second-order valence-corrected chi connectivity index (χ2v) is 7.14. The van der Waals surface area contributed by atoms with Gasteiger partial charge in [0.1, 0.15) is 5.76 Å². The first-order chi connectivity index (χ1) is 12.3. The third-order valence-electron chi connectivity index (χ3n) is 5.32. The van der Waals surface area contributed by atoms with Gasteiger partial charge in [-0.3, -0.25) is 4.90 Å². The van der Waals surface area contributed by atoms with E-state index in [0.29, 0.717) is 6.54 Å². The van der Waals surface area contributed by atoms with Gasteiger partial charge < -0.3 is 19.5 Å². The van der Waals surface area contributed by atoms with Crippen LogP contribution in [0.5, 0.6) is 0 Å². The monoisotopic (exact) mass is 348 g/mol. The van der Waals surface area contributed by atoms with Crippen molar-refractivity contribution in [3.63, 3.8) is 0 Å². The maximum absolute atomic E-state index is 12.7. The van der Waals surface area contributed by atoms with Gasteiger partial charge in [-0.15, -0.1) is 0 Å². The number of nitrogens with one attached hydrogen (secondary N) is 1. The van der Waals surface area contributed by atoms with Gasteiger partial charge in [-0.25, -0.2) is 4.79 Å². The highest BCUT2D eigenvalue weighted by atomic mass is 16.3. The highest BCUT2D eigenvalue weighted by molar-refractivity contribution is 5.74. The van der Waals surface area contributed by atoms with Crippen molar-refractivity contribution in [3.8, 4) is 0 Å². The van der Waals surface area contributed by atoms with Crippen LogP contribution in [0.4, 0.5) is 4.79 Å². The highest BCUT2D eigenvalue weighted by Crippen LogP contribution is 2.24. The molecule has 25 heavy (non-hydrogen) atoms. The van der Waals surface area contributed by atoms with Gasteiger partial charge in [0.25, 0.3) is 0 Å². The molecule has 6 nitrogen and oxygen atoms in total. The summed E-state index contributed by atoms with van der Waals surface area (Å²) >= 11 is 0. The lowest BCUT2D eigenvalue weighted by Gasteiger charge is -2.28. The van der Waals surface area contributed by atoms with Gasteiger partial charge in [0.05, 0.1) is 12.3 Å². The number of carbonyl (C=O) groups excluding carboxylic acids is 1. The van der Waals surface area contributed by atoms with Crippen LogP contribution >= 0.6 is 0 Å². The van der Waals surface area contributed by atoms with Gasteiger partial charge in [-0.05, 0) is 64.0 Å². The summed E-state index contributed by atoms with van der Waals surface area (Å²) in [6, 6.07) is 4.15. The standard InChI is InChI=1S/C19H32N4O2/c1-2-8-21-9-6-12-23(14-13-21)19(24)20-16-17(18-7-5-15-25-18)22-10-3-4-11-22/h5,7,15,17H,2-4,6,8-14,16H2,1H3,(H,20,24). The molecule has 3 heterocycles. The molecule has 0 bridgehead atoms. The van der Waals surface area contributed by atoms with E-state index >= 15 is 0 Å². The van der Waals surface area contributed by atoms with Crippen LogP contribution in [0.1, 0.15) is 44.4 Å². The van der Waals surface area contributed by atoms with E-state index in [-0.39, 0.29) is 12.1 Å². The van der Waals surface area contributed by atoms with Crippen LogP contribution in [-0.4, -0.2) is 73.1 Å². The summed E-state index contributed by atoms with van der Waals surface area (Å²) in [5, 5.41) is 3.16. The molecule has 1 aromatic heterocycles. The van der Waals surface area contributed by atoms with Crippen LogP contribution in [0.3, 0.4) is 0 Å². The quantitative estimate of drug-likeness (QED) is 0.858. The molecule has 1 unspecified atom stereocenters. The molecule has 2 aliphatic rings. The van der Waals surface area contributed by atoms with Crippen molar-refractivity contribution in [1.82, 2.24) is 20.0 Å². The Labute approximate surface area is 151 Å². The zero-order valence-corrected chi connectivity index (χ0v) is 15.5. The molecule has 2 aliphatic heterocycles. The lowest BCUT2D eigenvalue weighted by molar-refractivity contribution is 0.181. The van der Waals surface area contributed by atoms with E-state index < -0.39 is 0 Å². The first kappa shape index (κ1) is 18.3. The number of amides is 2. The smallest absolute Gasteiger partial charge is 0.317 e. The number of carbonyl (C=O) groups is 1. The Morgan fingerprint density at radius 1 is 1.16 bits per heavy atom. The van der Waals surface area contributed by atoms with Crippen molar-refractivity contribution in [2.24, 2.45) is 0 Å². The Hall–Kier alpha value is -1.53. The fourth-order valence-corrected chi connectivity index (χ4v) is 3.95. The molecule has 0 spiro atoms. The second kappa shape index (κ2) is 9.25. The Bertz CT molecular complexity index is 514. The molecule has 2 fully saturated rings. The number of rotatable bonds is 6. The molecule has 0 aromatic carbocycles. The summed E-state index contributed by atoms with van der Waals surface area (Å²) in [7, 11) is 0. The largest absolute Gasteiger partial charge is 0.468 e. The lowest BCUT2D eigenvalue weighted by atomic mass is 10.2. The predicted octanol–water partition coefficient (Wildman–Crippen LogP) is 2.54. The van der Waals surface area contributed by atoms with Crippen molar-refractivity contribution < 1.29 is 9.21 Å². The van der Waals surface area contributed by atoms with Crippen LogP contribution in [0.15, 0.2) is 22.8 Å². The second-order valence-electron chi connectivity index (χ2n) is 7.14. The Morgan fingerprint density at radius 2 is 2.00 bits per heavy atom. The topological polar surface area (TPSA) is 52.0 Å². The summed E-state index contributed by atoms with van der Waals surface area (Å²) in [6.45, 7) is 9.86. The third-order valence-corrected chi connectivity index (χ3v) is 5.32. The maximum atomic E-state index is 12.7. The fourth-order valence-electron chi connectivity index (χ4n) is 3.95. The minimum atomic E-state index is 0.0640. The normalized spacial score (nSPS) is 21.2. The predicted molar refractivity (Wildman–Crippen MR) is 98.6 cm³/mol. The Morgan fingerprint density at radius 3 is 2.72 bits per heavy atom. The van der Waals surface area contributed by atoms with E-state index in [1.807, 2.05) is 17.0 Å². The summed E-state index contributed by atoms with van der Waals surface area (Å²) < 4.78 is 5.63. The molecule has 3 rings (SSSR count). The number of nitrogens with zero attached hydrogens (tertiary/aromatic N) is 3. The van der Waals surface area contributed by atoms with E-state index in [1.165, 1.54) is 19.3 Å². The minimum Gasteiger partial charge on any atom is -0.468 e. The van der Waals surface area contributed by atoms with Crippen molar-refractivity contribution >= 4 is 6.03 Å². The van der Waals surface area contributed by atoms with Gasteiger partial charge in [0, 0.05) is 26.2 Å². The molecule has 140 valence electrons. The number of furan rings is 1. The van der Waals surface area contributed by atoms with Crippen LogP contribution in [0.25, 0.3) is 0 Å². The van der Waals surface area contributed by atoms with E-state index in [2.05, 4.69) is 22.0 Å². The molecule has 2 saturated heterocycles. The van der Waals surface area contributed by atoms with E-state index in [0.717, 1.165) is 58.0 Å². The first-order valence-electron chi connectivity index (χ1n) is 9.80. The van der Waals surface area contributed by atoms with E-state index in [1.54, 1.807) is 6.26 Å². The van der Waals surface area contributed by atoms with Crippen molar-refractivity contribution in [3.05, 3.63) is 24.2 Å². The van der Waals surface area contributed by atoms with Gasteiger partial charge in [-0.2, -0.15) is 0 Å². The zero-order chi connectivity index (χ0) is 17.5. The molecular weight excluding hydrogens is 316 g/mol. The summed E-state index contributed by atoms with van der Waals surface area (Å²) in [6.07, 6.45) is 6.40. The van der Waals surface area contributed by atoms with Crippen LogP contribution in [0, 0.1) is 0 Å². The Kier molecular flexibility index (Phi) is 6.76. The molecule has 0 radical (unpaired) electrons. The third kappa shape index (κ3) is 4.98. The van der Waals surface area contributed by atoms with Gasteiger partial charge >= 0.3 is 6.03 Å². The lowest BCUT2D eigenvalue weighted by Crippen LogP contribution is -2.45. The van der Waals surface area contributed by atoms with Crippen LogP contribution < -0.4 is 5.32 Å². The zero-order valence-electron chi connectivity index (χ0n) is 15.5. The van der Waals surface area contributed by atoms with Crippen molar-refractivity contribution in [1.29, 1.82) is 0 Å². The minimum absolute atomic E-state index is 0.0640. The summed E-state index contributed by atoms with van der Waals surface area (Å²) in [4.78, 5) is 19.5. The van der Waals surface area contributed by atoms with Crippen LogP contribution in [0.2, 0.25) is 0 Å². The molecule has 2 amide bonds. The van der Waals surface area contributed by atoms with Crippen molar-refractivity contribution in [2.75, 3.05) is 52.4 Å². The molecule has 0 aliphatic carbocycles. The number of likely N-dealkylation sites (tertiary alicyclic amines) is 1.